The Kier molecular flexibility index (Phi) is 8.13. The lowest BCUT2D eigenvalue weighted by atomic mass is 9.78. The number of thioether (sulfide) groups is 1. The summed E-state index contributed by atoms with van der Waals surface area (Å²) in [4.78, 5) is 38.1. The Balaban J connectivity index is 1.90. The van der Waals surface area contributed by atoms with E-state index in [4.69, 9.17) is 4.74 Å². The third-order valence-corrected chi connectivity index (χ3v) is 6.79. The van der Waals surface area contributed by atoms with E-state index in [2.05, 4.69) is 16.7 Å². The molecule has 2 aromatic rings. The molecule has 34 heavy (non-hydrogen) atoms. The molecule has 2 N–H and O–H groups in total. The van der Waals surface area contributed by atoms with Crippen molar-refractivity contribution in [3.63, 3.8) is 0 Å². The second-order valence-electron chi connectivity index (χ2n) is 8.03. The van der Waals surface area contributed by atoms with E-state index in [9.17, 15) is 19.6 Å². The lowest BCUT2D eigenvalue weighted by Gasteiger charge is -2.31. The van der Waals surface area contributed by atoms with Gasteiger partial charge in [-0.05, 0) is 37.0 Å². The molecule has 7 nitrogen and oxygen atoms in total. The Morgan fingerprint density at radius 2 is 1.88 bits per heavy atom. The number of esters is 1. The summed E-state index contributed by atoms with van der Waals surface area (Å²) in [5.74, 6) is -3.55. The molecule has 1 aliphatic rings. The topological polar surface area (TPSA) is 108 Å². The van der Waals surface area contributed by atoms with Gasteiger partial charge in [0.05, 0.1) is 29.5 Å². The molecular formula is C26H27N3O4S. The molecule has 3 rings (SSSR count). The molecule has 1 aliphatic heterocycles. The first kappa shape index (κ1) is 25.1. The van der Waals surface area contributed by atoms with Crippen molar-refractivity contribution in [2.75, 3.05) is 18.2 Å². The molecule has 176 valence electrons. The van der Waals surface area contributed by atoms with Crippen LogP contribution in [0.2, 0.25) is 0 Å². The number of amides is 2. The highest BCUT2D eigenvalue weighted by molar-refractivity contribution is 8.03. The number of anilines is 1. The lowest BCUT2D eigenvalue weighted by Crippen LogP contribution is -2.44. The van der Waals surface area contributed by atoms with Gasteiger partial charge in [-0.1, -0.05) is 66.7 Å². The molecule has 2 atom stereocenters. The standard InChI is InChI=1S/C26H27N3O4S/c1-5-17-8-6-7-16(3)23(17)28-20(30)14-34-25-19(13-27)21(18-11-9-15(2)10-12-18)22(24(31)29-25)26(32)33-4/h6-12,21-22H,5,14H2,1-4H3,(H,28,30)(H,29,31). The average Bonchev–Trinajstić information content (AvgIpc) is 2.83. The van der Waals surface area contributed by atoms with Gasteiger partial charge in [0.2, 0.25) is 11.8 Å². The molecule has 8 heteroatoms. The maximum absolute atomic E-state index is 12.9. The zero-order valence-corrected chi connectivity index (χ0v) is 20.4. The van der Waals surface area contributed by atoms with Crippen LogP contribution < -0.4 is 10.6 Å². The minimum Gasteiger partial charge on any atom is -0.468 e. The van der Waals surface area contributed by atoms with Crippen LogP contribution in [0.5, 0.6) is 0 Å². The highest BCUT2D eigenvalue weighted by Crippen LogP contribution is 2.40. The molecule has 2 aromatic carbocycles. The maximum atomic E-state index is 12.9. The molecular weight excluding hydrogens is 450 g/mol. The summed E-state index contributed by atoms with van der Waals surface area (Å²) < 4.78 is 4.86. The second-order valence-corrected chi connectivity index (χ2v) is 9.02. The monoisotopic (exact) mass is 477 g/mol. The minimum atomic E-state index is -1.19. The Morgan fingerprint density at radius 1 is 1.18 bits per heavy atom. The van der Waals surface area contributed by atoms with Gasteiger partial charge in [0, 0.05) is 11.6 Å². The van der Waals surface area contributed by atoms with E-state index < -0.39 is 23.7 Å². The van der Waals surface area contributed by atoms with E-state index in [1.807, 2.05) is 51.1 Å². The normalized spacial score (nSPS) is 17.6. The Morgan fingerprint density at radius 3 is 2.50 bits per heavy atom. The highest BCUT2D eigenvalue weighted by atomic mass is 32.2. The molecule has 2 amide bonds. The number of allylic oxidation sites excluding steroid dienone is 1. The fourth-order valence-corrected chi connectivity index (χ4v) is 4.82. The zero-order chi connectivity index (χ0) is 24.8. The smallest absolute Gasteiger partial charge is 0.319 e. The average molecular weight is 478 g/mol. The van der Waals surface area contributed by atoms with Gasteiger partial charge in [0.1, 0.15) is 5.92 Å². The predicted molar refractivity (Wildman–Crippen MR) is 132 cm³/mol. The van der Waals surface area contributed by atoms with Gasteiger partial charge in [-0.25, -0.2) is 0 Å². The number of carbonyl (C=O) groups is 3. The van der Waals surface area contributed by atoms with Crippen molar-refractivity contribution in [3.8, 4) is 6.07 Å². The number of aryl methyl sites for hydroxylation is 3. The predicted octanol–water partition coefficient (Wildman–Crippen LogP) is 3.98. The van der Waals surface area contributed by atoms with Crippen molar-refractivity contribution < 1.29 is 19.1 Å². The molecule has 0 spiro atoms. The lowest BCUT2D eigenvalue weighted by molar-refractivity contribution is -0.150. The van der Waals surface area contributed by atoms with Gasteiger partial charge in [-0.3, -0.25) is 14.4 Å². The summed E-state index contributed by atoms with van der Waals surface area (Å²) in [5.41, 5.74) is 4.66. The van der Waals surface area contributed by atoms with Crippen molar-refractivity contribution in [1.29, 1.82) is 5.26 Å². The van der Waals surface area contributed by atoms with Gasteiger partial charge in [0.15, 0.2) is 0 Å². The largest absolute Gasteiger partial charge is 0.468 e. The molecule has 0 aliphatic carbocycles. The number of nitrogens with zero attached hydrogens (tertiary/aromatic N) is 1. The molecule has 0 saturated carbocycles. The first-order chi connectivity index (χ1) is 16.3. The van der Waals surface area contributed by atoms with Gasteiger partial charge < -0.3 is 15.4 Å². The van der Waals surface area contributed by atoms with Gasteiger partial charge >= 0.3 is 5.97 Å². The summed E-state index contributed by atoms with van der Waals surface area (Å²) in [6, 6.07) is 15.3. The van der Waals surface area contributed by atoms with E-state index in [1.165, 1.54) is 7.11 Å². The number of rotatable bonds is 7. The number of methoxy groups -OCH3 is 1. The number of nitrogens with one attached hydrogen (secondary N) is 2. The quantitative estimate of drug-likeness (QED) is 0.461. The van der Waals surface area contributed by atoms with Crippen LogP contribution in [-0.2, 0) is 25.5 Å². The van der Waals surface area contributed by atoms with E-state index in [1.54, 1.807) is 12.1 Å². The van der Waals surface area contributed by atoms with Crippen LogP contribution in [0.4, 0.5) is 5.69 Å². The fraction of sp³-hybridized carbons (Fsp3) is 0.308. The van der Waals surface area contributed by atoms with Crippen molar-refractivity contribution in [2.24, 2.45) is 5.92 Å². The van der Waals surface area contributed by atoms with Crippen molar-refractivity contribution in [2.45, 2.75) is 33.1 Å². The van der Waals surface area contributed by atoms with E-state index in [0.717, 1.165) is 40.6 Å². The molecule has 0 aromatic heterocycles. The SMILES string of the molecule is CCc1cccc(C)c1NC(=O)CSC1=C(C#N)C(c2ccc(C)cc2)C(C(=O)OC)C(=O)N1. The Bertz CT molecular complexity index is 1180. The number of carbonyl (C=O) groups excluding carboxylic acids is 3. The molecule has 0 saturated heterocycles. The summed E-state index contributed by atoms with van der Waals surface area (Å²) in [6.07, 6.45) is 0.775. The first-order valence-electron chi connectivity index (χ1n) is 10.9. The summed E-state index contributed by atoms with van der Waals surface area (Å²) in [7, 11) is 1.21. The third kappa shape index (κ3) is 5.32. The number of ether oxygens (including phenoxy) is 1. The number of nitriles is 1. The first-order valence-corrected chi connectivity index (χ1v) is 11.9. The van der Waals surface area contributed by atoms with Crippen LogP contribution in [0.1, 0.15) is 35.1 Å². The van der Waals surface area contributed by atoms with Crippen molar-refractivity contribution >= 4 is 35.2 Å². The number of para-hydroxylation sites is 1. The Hall–Kier alpha value is -3.57. The second kappa shape index (κ2) is 11.0. The number of hydrogen-bond acceptors (Lipinski definition) is 6. The minimum absolute atomic E-state index is 0.0121. The Labute approximate surface area is 203 Å². The van der Waals surface area contributed by atoms with Gasteiger partial charge in [-0.2, -0.15) is 5.26 Å². The highest BCUT2D eigenvalue weighted by Gasteiger charge is 2.44. The molecule has 0 radical (unpaired) electrons. The molecule has 1 heterocycles. The van der Waals surface area contributed by atoms with E-state index in [0.29, 0.717) is 5.56 Å². The van der Waals surface area contributed by atoms with Crippen LogP contribution in [0.3, 0.4) is 0 Å². The van der Waals surface area contributed by atoms with Crippen LogP contribution >= 0.6 is 11.8 Å². The molecule has 2 unspecified atom stereocenters. The van der Waals surface area contributed by atoms with Crippen molar-refractivity contribution in [3.05, 3.63) is 75.3 Å². The van der Waals surface area contributed by atoms with Crippen molar-refractivity contribution in [1.82, 2.24) is 5.32 Å². The fourth-order valence-electron chi connectivity index (χ4n) is 3.97. The maximum Gasteiger partial charge on any atom is 0.319 e. The van der Waals surface area contributed by atoms with Crippen LogP contribution in [0, 0.1) is 31.1 Å². The van der Waals surface area contributed by atoms with Crippen LogP contribution in [-0.4, -0.2) is 30.6 Å². The summed E-state index contributed by atoms with van der Waals surface area (Å²) in [5, 5.41) is 15.9. The van der Waals surface area contributed by atoms with Gasteiger partial charge in [-0.15, -0.1) is 0 Å². The zero-order valence-electron chi connectivity index (χ0n) is 19.6. The summed E-state index contributed by atoms with van der Waals surface area (Å²) >= 11 is 1.06. The number of benzene rings is 2. The summed E-state index contributed by atoms with van der Waals surface area (Å²) in [6.45, 7) is 5.87. The molecule has 0 bridgehead atoms. The van der Waals surface area contributed by atoms with Crippen LogP contribution in [0.25, 0.3) is 0 Å². The van der Waals surface area contributed by atoms with E-state index in [-0.39, 0.29) is 22.3 Å². The third-order valence-electron chi connectivity index (χ3n) is 5.77. The van der Waals surface area contributed by atoms with Crippen LogP contribution in [0.15, 0.2) is 53.1 Å². The number of hydrogen-bond donors (Lipinski definition) is 2. The van der Waals surface area contributed by atoms with E-state index >= 15 is 0 Å². The van der Waals surface area contributed by atoms with Gasteiger partial charge in [0.25, 0.3) is 0 Å². The molecule has 0 fully saturated rings.